The van der Waals surface area contributed by atoms with E-state index >= 15 is 0 Å². The van der Waals surface area contributed by atoms with E-state index in [0.717, 1.165) is 18.4 Å². The summed E-state index contributed by atoms with van der Waals surface area (Å²) in [7, 11) is 0. The van der Waals surface area contributed by atoms with Gasteiger partial charge in [-0.2, -0.15) is 0 Å². The highest BCUT2D eigenvalue weighted by molar-refractivity contribution is 5.25. The zero-order chi connectivity index (χ0) is 11.5. The fourth-order valence-electron chi connectivity index (χ4n) is 2.20. The Morgan fingerprint density at radius 1 is 1.50 bits per heavy atom. The van der Waals surface area contributed by atoms with Crippen LogP contribution in [-0.2, 0) is 0 Å². The third-order valence-corrected chi connectivity index (χ3v) is 3.58. The second-order valence-corrected chi connectivity index (χ2v) is 5.08. The van der Waals surface area contributed by atoms with E-state index in [-0.39, 0.29) is 0 Å². The summed E-state index contributed by atoms with van der Waals surface area (Å²) in [5.74, 6) is 1.78. The van der Waals surface area contributed by atoms with Crippen LogP contribution in [0, 0.1) is 18.8 Å². The maximum absolute atomic E-state index is 5.83. The highest BCUT2D eigenvalue weighted by Gasteiger charge is 2.32. The minimum atomic E-state index is 0.313. The molecule has 0 heterocycles. The fraction of sp³-hybridized carbons (Fsp3) is 0.571. The number of hydrogen-bond acceptors (Lipinski definition) is 2. The predicted octanol–water partition coefficient (Wildman–Crippen LogP) is 2.24. The molecule has 1 aliphatic carbocycles. The van der Waals surface area contributed by atoms with Crippen molar-refractivity contribution < 1.29 is 0 Å². The minimum absolute atomic E-state index is 0.313. The van der Waals surface area contributed by atoms with Gasteiger partial charge in [-0.25, -0.2) is 0 Å². The quantitative estimate of drug-likeness (QED) is 0.795. The van der Waals surface area contributed by atoms with E-state index < -0.39 is 0 Å². The van der Waals surface area contributed by atoms with Crippen molar-refractivity contribution in [3.05, 3.63) is 35.4 Å². The van der Waals surface area contributed by atoms with Gasteiger partial charge in [0.2, 0.25) is 0 Å². The largest absolute Gasteiger partial charge is 0.329 e. The van der Waals surface area contributed by atoms with Gasteiger partial charge >= 0.3 is 0 Å². The van der Waals surface area contributed by atoms with E-state index in [1.54, 1.807) is 0 Å². The molecule has 2 heteroatoms. The SMILES string of the molecule is Cc1cccc(C(CN)NCC2CC2C)c1. The Labute approximate surface area is 98.2 Å². The van der Waals surface area contributed by atoms with Crippen molar-refractivity contribution in [3.63, 3.8) is 0 Å². The first-order chi connectivity index (χ1) is 7.70. The van der Waals surface area contributed by atoms with E-state index in [4.69, 9.17) is 5.73 Å². The Morgan fingerprint density at radius 3 is 2.81 bits per heavy atom. The van der Waals surface area contributed by atoms with Crippen LogP contribution in [0.4, 0.5) is 0 Å². The second-order valence-electron chi connectivity index (χ2n) is 5.08. The molecule has 0 amide bonds. The average molecular weight is 218 g/mol. The Morgan fingerprint density at radius 2 is 2.25 bits per heavy atom. The molecule has 0 bridgehead atoms. The molecule has 0 aromatic heterocycles. The van der Waals surface area contributed by atoms with Gasteiger partial charge in [0.25, 0.3) is 0 Å². The van der Waals surface area contributed by atoms with Crippen molar-refractivity contribution in [2.24, 2.45) is 17.6 Å². The summed E-state index contributed by atoms with van der Waals surface area (Å²) < 4.78 is 0. The van der Waals surface area contributed by atoms with Crippen LogP contribution in [0.2, 0.25) is 0 Å². The first-order valence-corrected chi connectivity index (χ1v) is 6.20. The molecular formula is C14H22N2. The topological polar surface area (TPSA) is 38.0 Å². The van der Waals surface area contributed by atoms with E-state index in [2.05, 4.69) is 43.4 Å². The molecule has 0 spiro atoms. The molecule has 0 saturated heterocycles. The molecular weight excluding hydrogens is 196 g/mol. The van der Waals surface area contributed by atoms with Crippen LogP contribution in [0.25, 0.3) is 0 Å². The lowest BCUT2D eigenvalue weighted by Crippen LogP contribution is -2.30. The van der Waals surface area contributed by atoms with E-state index in [1.807, 2.05) is 0 Å². The van der Waals surface area contributed by atoms with Crippen LogP contribution in [-0.4, -0.2) is 13.1 Å². The van der Waals surface area contributed by atoms with Crippen molar-refractivity contribution in [2.45, 2.75) is 26.3 Å². The van der Waals surface area contributed by atoms with Gasteiger partial charge in [0, 0.05) is 12.6 Å². The molecule has 2 rings (SSSR count). The van der Waals surface area contributed by atoms with Crippen LogP contribution >= 0.6 is 0 Å². The van der Waals surface area contributed by atoms with Crippen LogP contribution < -0.4 is 11.1 Å². The molecule has 1 aromatic carbocycles. The van der Waals surface area contributed by atoms with E-state index in [9.17, 15) is 0 Å². The first kappa shape index (κ1) is 11.6. The third kappa shape index (κ3) is 2.83. The Hall–Kier alpha value is -0.860. The van der Waals surface area contributed by atoms with Crippen molar-refractivity contribution >= 4 is 0 Å². The van der Waals surface area contributed by atoms with Gasteiger partial charge in [-0.05, 0) is 37.3 Å². The van der Waals surface area contributed by atoms with Crippen molar-refractivity contribution in [1.29, 1.82) is 0 Å². The van der Waals surface area contributed by atoms with Gasteiger partial charge < -0.3 is 11.1 Å². The molecule has 3 atom stereocenters. The normalized spacial score (nSPS) is 25.4. The highest BCUT2D eigenvalue weighted by Crippen LogP contribution is 2.37. The van der Waals surface area contributed by atoms with Crippen molar-refractivity contribution in [3.8, 4) is 0 Å². The molecule has 1 saturated carbocycles. The molecule has 16 heavy (non-hydrogen) atoms. The van der Waals surface area contributed by atoms with Crippen LogP contribution in [0.3, 0.4) is 0 Å². The lowest BCUT2D eigenvalue weighted by atomic mass is 10.0. The van der Waals surface area contributed by atoms with Gasteiger partial charge in [0.05, 0.1) is 0 Å². The molecule has 1 fully saturated rings. The summed E-state index contributed by atoms with van der Waals surface area (Å²) in [5.41, 5.74) is 8.45. The summed E-state index contributed by atoms with van der Waals surface area (Å²) in [6.45, 7) is 6.22. The predicted molar refractivity (Wildman–Crippen MR) is 68.2 cm³/mol. The Kier molecular flexibility index (Phi) is 3.62. The summed E-state index contributed by atoms with van der Waals surface area (Å²) in [6.07, 6.45) is 1.37. The number of hydrogen-bond donors (Lipinski definition) is 2. The Bertz CT molecular complexity index is 348. The number of benzene rings is 1. The van der Waals surface area contributed by atoms with Crippen LogP contribution in [0.5, 0.6) is 0 Å². The first-order valence-electron chi connectivity index (χ1n) is 6.20. The Balaban J connectivity index is 1.93. The number of nitrogens with two attached hydrogens (primary N) is 1. The summed E-state index contributed by atoms with van der Waals surface area (Å²) >= 11 is 0. The van der Waals surface area contributed by atoms with Crippen LogP contribution in [0.15, 0.2) is 24.3 Å². The molecule has 3 unspecified atom stereocenters. The molecule has 1 aliphatic rings. The molecule has 3 N–H and O–H groups in total. The van der Waals surface area contributed by atoms with Crippen molar-refractivity contribution in [1.82, 2.24) is 5.32 Å². The summed E-state index contributed by atoms with van der Waals surface area (Å²) in [5, 5.41) is 3.58. The lowest BCUT2D eigenvalue weighted by Gasteiger charge is -2.17. The lowest BCUT2D eigenvalue weighted by molar-refractivity contribution is 0.511. The highest BCUT2D eigenvalue weighted by atomic mass is 14.9. The smallest absolute Gasteiger partial charge is 0.0444 e. The zero-order valence-corrected chi connectivity index (χ0v) is 10.2. The maximum atomic E-state index is 5.83. The maximum Gasteiger partial charge on any atom is 0.0444 e. The molecule has 2 nitrogen and oxygen atoms in total. The number of aryl methyl sites for hydroxylation is 1. The van der Waals surface area contributed by atoms with Gasteiger partial charge in [-0.1, -0.05) is 36.8 Å². The molecule has 0 aliphatic heterocycles. The van der Waals surface area contributed by atoms with Crippen molar-refractivity contribution in [2.75, 3.05) is 13.1 Å². The van der Waals surface area contributed by atoms with E-state index in [0.29, 0.717) is 12.6 Å². The van der Waals surface area contributed by atoms with Crippen LogP contribution in [0.1, 0.15) is 30.5 Å². The molecule has 1 aromatic rings. The number of rotatable bonds is 5. The summed E-state index contributed by atoms with van der Waals surface area (Å²) in [4.78, 5) is 0. The monoisotopic (exact) mass is 218 g/mol. The fourth-order valence-corrected chi connectivity index (χ4v) is 2.20. The third-order valence-electron chi connectivity index (χ3n) is 3.58. The van der Waals surface area contributed by atoms with Gasteiger partial charge in [0.15, 0.2) is 0 Å². The molecule has 0 radical (unpaired) electrons. The van der Waals surface area contributed by atoms with Gasteiger partial charge in [0.1, 0.15) is 0 Å². The standard InChI is InChI=1S/C14H22N2/c1-10-4-3-5-12(6-10)14(8-15)16-9-13-7-11(13)2/h3-6,11,13-14,16H,7-9,15H2,1-2H3. The second kappa shape index (κ2) is 4.98. The average Bonchev–Trinajstić information content (AvgIpc) is 2.96. The summed E-state index contributed by atoms with van der Waals surface area (Å²) in [6, 6.07) is 8.93. The van der Waals surface area contributed by atoms with Gasteiger partial charge in [-0.3, -0.25) is 0 Å². The minimum Gasteiger partial charge on any atom is -0.329 e. The molecule has 88 valence electrons. The van der Waals surface area contributed by atoms with Gasteiger partial charge in [-0.15, -0.1) is 0 Å². The number of nitrogens with one attached hydrogen (secondary N) is 1. The zero-order valence-electron chi connectivity index (χ0n) is 10.2. The van der Waals surface area contributed by atoms with E-state index in [1.165, 1.54) is 17.5 Å².